The summed E-state index contributed by atoms with van der Waals surface area (Å²) in [5.74, 6) is -0.639. The van der Waals surface area contributed by atoms with Crippen molar-refractivity contribution in [1.29, 1.82) is 0 Å². The van der Waals surface area contributed by atoms with Gasteiger partial charge >= 0.3 is 6.09 Å². The van der Waals surface area contributed by atoms with E-state index in [1.54, 1.807) is 11.0 Å². The van der Waals surface area contributed by atoms with E-state index in [2.05, 4.69) is 10.0 Å². The van der Waals surface area contributed by atoms with E-state index < -0.39 is 17.5 Å². The van der Waals surface area contributed by atoms with Crippen LogP contribution < -0.4 is 4.74 Å². The lowest BCUT2D eigenvalue weighted by molar-refractivity contribution is 0.0988. The zero-order chi connectivity index (χ0) is 21.0. The summed E-state index contributed by atoms with van der Waals surface area (Å²) in [6.07, 6.45) is 0.854. The highest BCUT2D eigenvalue weighted by Crippen LogP contribution is 2.30. The van der Waals surface area contributed by atoms with E-state index in [0.717, 1.165) is 5.56 Å². The molecule has 29 heavy (non-hydrogen) atoms. The molecule has 0 fully saturated rings. The number of hydrogen-bond acceptors (Lipinski definition) is 4. The number of benzene rings is 2. The van der Waals surface area contributed by atoms with Crippen LogP contribution in [0.4, 0.5) is 4.79 Å². The minimum absolute atomic E-state index is 0.0680. The number of amides is 2. The van der Waals surface area contributed by atoms with Gasteiger partial charge in [0.1, 0.15) is 11.3 Å². The van der Waals surface area contributed by atoms with Crippen LogP contribution in [-0.4, -0.2) is 22.4 Å². The molecule has 0 atom stereocenters. The summed E-state index contributed by atoms with van der Waals surface area (Å²) in [4.78, 5) is 29.1. The number of hydrogen-bond donors (Lipinski definition) is 0. The van der Waals surface area contributed by atoms with Gasteiger partial charge in [0.2, 0.25) is 5.91 Å². The molecule has 3 aromatic rings. The average molecular weight is 392 g/mol. The first-order chi connectivity index (χ1) is 13.8. The van der Waals surface area contributed by atoms with Crippen molar-refractivity contribution in [3.05, 3.63) is 76.4 Å². The monoisotopic (exact) mass is 392 g/mol. The number of nitrogens with zero attached hydrogens (tertiary/aromatic N) is 4. The third kappa shape index (κ3) is 4.56. The lowest BCUT2D eigenvalue weighted by Gasteiger charge is -2.34. The van der Waals surface area contributed by atoms with Gasteiger partial charge in [-0.2, -0.15) is 0 Å². The third-order valence-corrected chi connectivity index (χ3v) is 4.33. The van der Waals surface area contributed by atoms with E-state index in [9.17, 15) is 9.59 Å². The van der Waals surface area contributed by atoms with Crippen LogP contribution in [0.15, 0.2) is 64.3 Å². The van der Waals surface area contributed by atoms with Gasteiger partial charge in [0.25, 0.3) is 0 Å². The van der Waals surface area contributed by atoms with Crippen LogP contribution in [0.25, 0.3) is 21.4 Å². The molecule has 0 unspecified atom stereocenters. The van der Waals surface area contributed by atoms with E-state index >= 15 is 0 Å². The molecule has 0 bridgehead atoms. The van der Waals surface area contributed by atoms with Gasteiger partial charge in [0.05, 0.1) is 11.6 Å². The Hall–Kier alpha value is -3.77. The first-order valence-electron chi connectivity index (χ1n) is 8.93. The van der Waals surface area contributed by atoms with Crippen LogP contribution in [0.1, 0.15) is 36.7 Å². The Morgan fingerprint density at radius 2 is 1.90 bits per heavy atom. The maximum absolute atomic E-state index is 13.0. The summed E-state index contributed by atoms with van der Waals surface area (Å²) in [6, 6.07) is 14.0. The number of ether oxygens (including phenoxy) is 1. The number of carbonyl (C=O) groups is 2. The molecule has 3 rings (SSSR count). The van der Waals surface area contributed by atoms with Crippen molar-refractivity contribution in [3.63, 3.8) is 0 Å². The zero-order valence-corrected chi connectivity index (χ0v) is 16.3. The van der Waals surface area contributed by atoms with E-state index in [4.69, 9.17) is 14.7 Å². The van der Waals surface area contributed by atoms with Crippen LogP contribution in [0.5, 0.6) is 5.75 Å². The van der Waals surface area contributed by atoms with Gasteiger partial charge in [0.15, 0.2) is 0 Å². The highest BCUT2D eigenvalue weighted by Gasteiger charge is 2.29. The number of azide groups is 1. The van der Waals surface area contributed by atoms with Crippen molar-refractivity contribution in [2.45, 2.75) is 32.9 Å². The van der Waals surface area contributed by atoms with Gasteiger partial charge < -0.3 is 9.15 Å². The Bertz CT molecular complexity index is 1090. The van der Waals surface area contributed by atoms with E-state index in [1.807, 2.05) is 51.1 Å². The number of carbonyl (C=O) groups excluding carboxylic acids is 2. The smallest absolute Gasteiger partial charge is 0.415 e. The van der Waals surface area contributed by atoms with Crippen LogP contribution >= 0.6 is 0 Å². The summed E-state index contributed by atoms with van der Waals surface area (Å²) in [5.41, 5.74) is 9.37. The van der Waals surface area contributed by atoms with Crippen LogP contribution in [0.3, 0.4) is 0 Å². The van der Waals surface area contributed by atoms with Crippen molar-refractivity contribution >= 4 is 23.0 Å². The summed E-state index contributed by atoms with van der Waals surface area (Å²) in [6.45, 7) is 6.08. The maximum atomic E-state index is 13.0. The Morgan fingerprint density at radius 3 is 2.55 bits per heavy atom. The molecule has 148 valence electrons. The molecule has 8 nitrogen and oxygen atoms in total. The predicted octanol–water partition coefficient (Wildman–Crippen LogP) is 5.68. The van der Waals surface area contributed by atoms with Gasteiger partial charge in [-0.05, 0) is 55.2 Å². The molecular formula is C21H20N4O4. The molecular weight excluding hydrogens is 372 g/mol. The van der Waals surface area contributed by atoms with Crippen molar-refractivity contribution in [1.82, 2.24) is 4.90 Å². The average Bonchev–Trinajstić information content (AvgIpc) is 3.15. The zero-order valence-electron chi connectivity index (χ0n) is 16.3. The van der Waals surface area contributed by atoms with Crippen molar-refractivity contribution in [2.75, 3.05) is 0 Å². The van der Waals surface area contributed by atoms with Gasteiger partial charge in [-0.1, -0.05) is 30.3 Å². The van der Waals surface area contributed by atoms with Crippen LogP contribution in [0.2, 0.25) is 0 Å². The highest BCUT2D eigenvalue weighted by molar-refractivity contribution is 6.00. The number of rotatable bonds is 4. The normalized spacial score (nSPS) is 11.0. The molecule has 0 saturated carbocycles. The molecule has 0 saturated heterocycles. The Labute approximate surface area is 167 Å². The fourth-order valence-electron chi connectivity index (χ4n) is 2.84. The lowest BCUT2D eigenvalue weighted by atomic mass is 10.1. The summed E-state index contributed by atoms with van der Waals surface area (Å²) in [5, 5.41) is 3.62. The predicted molar refractivity (Wildman–Crippen MR) is 107 cm³/mol. The number of fused-ring (bicyclic) bond motifs is 1. The fraction of sp³-hybridized carbons (Fsp3) is 0.238. The largest absolute Gasteiger partial charge is 0.464 e. The molecule has 0 spiro atoms. The first-order valence-corrected chi connectivity index (χ1v) is 8.93. The standard InChI is InChI=1S/C21H20N4O4/c1-21(2,3)25(13-14-7-5-4-6-8-14)20(27)29-18-12-15(19(26)23-24-22)11-17-16(18)9-10-28-17/h4-12H,13H2,1-3H3. The SMILES string of the molecule is CC(C)(C)N(Cc1ccccc1)C(=O)Oc1cc(C(=O)N=[N+]=[N-])cc2occc12. The minimum Gasteiger partial charge on any atom is -0.464 e. The molecule has 0 radical (unpaired) electrons. The third-order valence-electron chi connectivity index (χ3n) is 4.33. The Balaban J connectivity index is 1.95. The summed E-state index contributed by atoms with van der Waals surface area (Å²) < 4.78 is 11.0. The van der Waals surface area contributed by atoms with Gasteiger partial charge in [0, 0.05) is 22.6 Å². The van der Waals surface area contributed by atoms with Crippen molar-refractivity contribution in [2.24, 2.45) is 5.11 Å². The summed E-state index contributed by atoms with van der Waals surface area (Å²) >= 11 is 0. The minimum atomic E-state index is -0.792. The second-order valence-electron chi connectivity index (χ2n) is 7.41. The molecule has 8 heteroatoms. The second-order valence-corrected chi connectivity index (χ2v) is 7.41. The molecule has 0 N–H and O–H groups in total. The van der Waals surface area contributed by atoms with E-state index in [1.165, 1.54) is 18.4 Å². The summed E-state index contributed by atoms with van der Waals surface area (Å²) in [7, 11) is 0. The molecule has 0 aliphatic heterocycles. The fourth-order valence-corrected chi connectivity index (χ4v) is 2.84. The van der Waals surface area contributed by atoms with E-state index in [0.29, 0.717) is 17.5 Å². The Kier molecular flexibility index (Phi) is 5.57. The molecule has 1 aromatic heterocycles. The second kappa shape index (κ2) is 8.08. The molecule has 2 aromatic carbocycles. The first kappa shape index (κ1) is 20.0. The van der Waals surface area contributed by atoms with Gasteiger partial charge in [-0.25, -0.2) is 4.79 Å². The topological polar surface area (TPSA) is 109 Å². The molecule has 2 amide bonds. The Morgan fingerprint density at radius 1 is 1.17 bits per heavy atom. The highest BCUT2D eigenvalue weighted by atomic mass is 16.6. The van der Waals surface area contributed by atoms with Crippen molar-refractivity contribution in [3.8, 4) is 5.75 Å². The van der Waals surface area contributed by atoms with E-state index in [-0.39, 0.29) is 11.3 Å². The van der Waals surface area contributed by atoms with Gasteiger partial charge in [-0.15, -0.1) is 0 Å². The molecule has 0 aliphatic rings. The molecule has 1 heterocycles. The van der Waals surface area contributed by atoms with Crippen LogP contribution in [-0.2, 0) is 6.54 Å². The van der Waals surface area contributed by atoms with Gasteiger partial charge in [-0.3, -0.25) is 9.69 Å². The van der Waals surface area contributed by atoms with Crippen molar-refractivity contribution < 1.29 is 18.7 Å². The number of furan rings is 1. The maximum Gasteiger partial charge on any atom is 0.415 e. The quantitative estimate of drug-likeness (QED) is 0.323. The molecule has 0 aliphatic carbocycles. The lowest BCUT2D eigenvalue weighted by Crippen LogP contribution is -2.46. The van der Waals surface area contributed by atoms with Crippen LogP contribution in [0, 0.1) is 0 Å².